The van der Waals surface area contributed by atoms with E-state index < -0.39 is 6.10 Å². The van der Waals surface area contributed by atoms with Gasteiger partial charge >= 0.3 is 17.9 Å². The Kier molecular flexibility index (Phi) is 64.2. The van der Waals surface area contributed by atoms with E-state index in [0.717, 1.165) is 89.9 Å². The third-order valence-corrected chi connectivity index (χ3v) is 15.3. The number of allylic oxidation sites excluding steroid dienone is 10. The van der Waals surface area contributed by atoms with Gasteiger partial charge in [-0.15, -0.1) is 0 Å². The van der Waals surface area contributed by atoms with Crippen molar-refractivity contribution in [3.63, 3.8) is 0 Å². The molecule has 0 rings (SSSR count). The molecule has 0 saturated carbocycles. The topological polar surface area (TPSA) is 78.9 Å². The average molecular weight is 1090 g/mol. The molecular formula is C72H130O6. The van der Waals surface area contributed by atoms with Gasteiger partial charge in [-0.1, -0.05) is 338 Å². The van der Waals surface area contributed by atoms with Crippen LogP contribution in [0.15, 0.2) is 60.8 Å². The molecule has 0 aliphatic carbocycles. The number of unbranched alkanes of at least 4 members (excludes halogenated alkanes) is 42. The van der Waals surface area contributed by atoms with Crippen molar-refractivity contribution in [3.05, 3.63) is 60.8 Å². The summed E-state index contributed by atoms with van der Waals surface area (Å²) >= 11 is 0. The van der Waals surface area contributed by atoms with Crippen LogP contribution in [0.3, 0.4) is 0 Å². The van der Waals surface area contributed by atoms with E-state index in [9.17, 15) is 14.4 Å². The Morgan fingerprint density at radius 1 is 0.269 bits per heavy atom. The highest BCUT2D eigenvalue weighted by atomic mass is 16.6. The fourth-order valence-electron chi connectivity index (χ4n) is 10.2. The molecule has 6 heteroatoms. The zero-order valence-electron chi connectivity index (χ0n) is 52.2. The second-order valence-electron chi connectivity index (χ2n) is 23.1. The molecule has 6 nitrogen and oxygen atoms in total. The van der Waals surface area contributed by atoms with Gasteiger partial charge < -0.3 is 14.2 Å². The Hall–Kier alpha value is -2.89. The quantitative estimate of drug-likeness (QED) is 0.0261. The summed E-state index contributed by atoms with van der Waals surface area (Å²) in [6.45, 7) is 6.59. The normalized spacial score (nSPS) is 12.4. The first-order valence-electron chi connectivity index (χ1n) is 34.3. The lowest BCUT2D eigenvalue weighted by atomic mass is 10.0. The first kappa shape index (κ1) is 75.1. The molecule has 0 saturated heterocycles. The van der Waals surface area contributed by atoms with Gasteiger partial charge in [-0.2, -0.15) is 0 Å². The lowest BCUT2D eigenvalue weighted by molar-refractivity contribution is -0.167. The predicted molar refractivity (Wildman–Crippen MR) is 339 cm³/mol. The summed E-state index contributed by atoms with van der Waals surface area (Å²) in [5, 5.41) is 0. The van der Waals surface area contributed by atoms with Crippen LogP contribution in [0.2, 0.25) is 0 Å². The van der Waals surface area contributed by atoms with Crippen LogP contribution in [-0.4, -0.2) is 37.2 Å². The second-order valence-corrected chi connectivity index (χ2v) is 23.1. The minimum absolute atomic E-state index is 0.0686. The zero-order valence-corrected chi connectivity index (χ0v) is 52.2. The van der Waals surface area contributed by atoms with Crippen LogP contribution in [-0.2, 0) is 28.6 Å². The molecule has 0 aromatic carbocycles. The van der Waals surface area contributed by atoms with E-state index in [1.165, 1.54) is 231 Å². The summed E-state index contributed by atoms with van der Waals surface area (Å²) in [6.07, 6.45) is 85.2. The van der Waals surface area contributed by atoms with Crippen LogP contribution in [0.25, 0.3) is 0 Å². The van der Waals surface area contributed by atoms with Crippen LogP contribution in [0, 0.1) is 0 Å². The Morgan fingerprint density at radius 2 is 0.500 bits per heavy atom. The lowest BCUT2D eigenvalue weighted by Crippen LogP contribution is -2.30. The summed E-state index contributed by atoms with van der Waals surface area (Å²) < 4.78 is 17.0. The molecule has 0 spiro atoms. The summed E-state index contributed by atoms with van der Waals surface area (Å²) in [7, 11) is 0. The highest BCUT2D eigenvalue weighted by molar-refractivity contribution is 5.71. The highest BCUT2D eigenvalue weighted by Crippen LogP contribution is 2.18. The molecule has 78 heavy (non-hydrogen) atoms. The molecule has 0 aliphatic rings. The van der Waals surface area contributed by atoms with Crippen molar-refractivity contribution in [3.8, 4) is 0 Å². The van der Waals surface area contributed by atoms with Crippen molar-refractivity contribution in [2.75, 3.05) is 13.2 Å². The first-order valence-corrected chi connectivity index (χ1v) is 34.3. The maximum absolute atomic E-state index is 12.9. The van der Waals surface area contributed by atoms with Gasteiger partial charge in [-0.25, -0.2) is 0 Å². The van der Waals surface area contributed by atoms with Gasteiger partial charge in [-0.3, -0.25) is 14.4 Å². The van der Waals surface area contributed by atoms with Crippen molar-refractivity contribution in [2.24, 2.45) is 0 Å². The SMILES string of the molecule is CC/C=C\C/C=C\C/C=C\C/C=C\C/C=C\CCCCCCCCCCCCCC(=O)OCC(COC(=O)CCCCCCCCCCCCCCCCCC)OC(=O)CCCCCCCCCCCCCCCCCCC. The van der Waals surface area contributed by atoms with Crippen LogP contribution in [0.4, 0.5) is 0 Å². The standard InChI is InChI=1S/C72H130O6/c1-4-7-10-13-16-19-22-25-28-31-32-33-34-35-36-37-38-39-40-42-44-47-50-53-56-59-62-65-71(74)77-68-69(67-76-70(73)64-61-58-55-52-49-46-43-30-27-24-21-18-15-12-9-6-3)78-72(75)66-63-60-57-54-51-48-45-41-29-26-23-20-17-14-11-8-5-2/h7,10,16,19,25,28,32-33,35-36,69H,4-6,8-9,11-15,17-18,20-24,26-27,29-31,34,37-68H2,1-3H3/b10-7-,19-16-,28-25-,33-32-,36-35-. The molecule has 1 atom stereocenters. The number of hydrogen-bond donors (Lipinski definition) is 0. The van der Waals surface area contributed by atoms with Crippen LogP contribution in [0.1, 0.15) is 361 Å². The fraction of sp³-hybridized carbons (Fsp3) is 0.819. The number of carbonyl (C=O) groups excluding carboxylic acids is 3. The summed E-state index contributed by atoms with van der Waals surface area (Å²) in [5.41, 5.74) is 0. The largest absolute Gasteiger partial charge is 0.462 e. The Morgan fingerprint density at radius 3 is 0.782 bits per heavy atom. The molecule has 0 fully saturated rings. The minimum atomic E-state index is -0.772. The molecule has 454 valence electrons. The molecule has 0 heterocycles. The van der Waals surface area contributed by atoms with Crippen LogP contribution in [0.5, 0.6) is 0 Å². The summed E-state index contributed by atoms with van der Waals surface area (Å²) in [6, 6.07) is 0. The van der Waals surface area contributed by atoms with E-state index in [2.05, 4.69) is 81.5 Å². The zero-order chi connectivity index (χ0) is 56.4. The predicted octanol–water partition coefficient (Wildman–Crippen LogP) is 23.5. The van der Waals surface area contributed by atoms with E-state index in [1.54, 1.807) is 0 Å². The Balaban J connectivity index is 4.28. The van der Waals surface area contributed by atoms with Crippen molar-refractivity contribution < 1.29 is 28.6 Å². The minimum Gasteiger partial charge on any atom is -0.462 e. The van der Waals surface area contributed by atoms with Crippen LogP contribution < -0.4 is 0 Å². The number of esters is 3. The van der Waals surface area contributed by atoms with E-state index in [1.807, 2.05) is 0 Å². The average Bonchev–Trinajstić information content (AvgIpc) is 3.44. The van der Waals surface area contributed by atoms with Crippen LogP contribution >= 0.6 is 0 Å². The van der Waals surface area contributed by atoms with Crippen molar-refractivity contribution >= 4 is 17.9 Å². The Bertz CT molecular complexity index is 1390. The van der Waals surface area contributed by atoms with E-state index in [0.29, 0.717) is 19.3 Å². The van der Waals surface area contributed by atoms with E-state index in [-0.39, 0.29) is 31.1 Å². The van der Waals surface area contributed by atoms with Gasteiger partial charge in [0.2, 0.25) is 0 Å². The molecule has 0 aromatic heterocycles. The van der Waals surface area contributed by atoms with E-state index in [4.69, 9.17) is 14.2 Å². The molecular weight excluding hydrogens is 961 g/mol. The third-order valence-electron chi connectivity index (χ3n) is 15.3. The molecule has 0 bridgehead atoms. The first-order chi connectivity index (χ1) is 38.5. The lowest BCUT2D eigenvalue weighted by Gasteiger charge is -2.18. The Labute approximate surface area is 485 Å². The molecule has 0 N–H and O–H groups in total. The smallest absolute Gasteiger partial charge is 0.306 e. The molecule has 1 unspecified atom stereocenters. The van der Waals surface area contributed by atoms with Crippen molar-refractivity contribution in [2.45, 2.75) is 367 Å². The van der Waals surface area contributed by atoms with Gasteiger partial charge in [-0.05, 0) is 64.2 Å². The number of rotatable bonds is 63. The maximum atomic E-state index is 12.9. The number of ether oxygens (including phenoxy) is 3. The maximum Gasteiger partial charge on any atom is 0.306 e. The third kappa shape index (κ3) is 63.9. The summed E-state index contributed by atoms with van der Waals surface area (Å²) in [5.74, 6) is -0.845. The summed E-state index contributed by atoms with van der Waals surface area (Å²) in [4.78, 5) is 38.4. The highest BCUT2D eigenvalue weighted by Gasteiger charge is 2.19. The molecule has 0 radical (unpaired) electrons. The van der Waals surface area contributed by atoms with Crippen molar-refractivity contribution in [1.82, 2.24) is 0 Å². The van der Waals surface area contributed by atoms with Crippen molar-refractivity contribution in [1.29, 1.82) is 0 Å². The molecule has 0 aromatic rings. The monoisotopic (exact) mass is 1090 g/mol. The van der Waals surface area contributed by atoms with Gasteiger partial charge in [0.1, 0.15) is 13.2 Å². The van der Waals surface area contributed by atoms with Gasteiger partial charge in [0.15, 0.2) is 6.10 Å². The van der Waals surface area contributed by atoms with E-state index >= 15 is 0 Å². The molecule has 0 aliphatic heterocycles. The molecule has 0 amide bonds. The van der Waals surface area contributed by atoms with Gasteiger partial charge in [0, 0.05) is 19.3 Å². The fourth-order valence-corrected chi connectivity index (χ4v) is 10.2. The van der Waals surface area contributed by atoms with Gasteiger partial charge in [0.05, 0.1) is 0 Å². The van der Waals surface area contributed by atoms with Gasteiger partial charge in [0.25, 0.3) is 0 Å². The second kappa shape index (κ2) is 66.6. The number of carbonyl (C=O) groups is 3. The number of hydrogen-bond acceptors (Lipinski definition) is 6.